The van der Waals surface area contributed by atoms with Crippen molar-refractivity contribution in [1.82, 2.24) is 4.68 Å². The summed E-state index contributed by atoms with van der Waals surface area (Å²) in [6, 6.07) is 15.0. The molecule has 0 fully saturated rings. The van der Waals surface area contributed by atoms with Crippen LogP contribution in [0.15, 0.2) is 76.2 Å². The van der Waals surface area contributed by atoms with Crippen LogP contribution in [-0.2, 0) is 5.41 Å². The minimum absolute atomic E-state index is 0.0409. The average Bonchev–Trinajstić information content (AvgIpc) is 3.14. The van der Waals surface area contributed by atoms with Gasteiger partial charge in [0, 0.05) is 23.1 Å². The number of hydrogen-bond acceptors (Lipinski definition) is 5. The second-order valence-corrected chi connectivity index (χ2v) is 9.65. The molecule has 0 aliphatic rings. The molecule has 2 aromatic carbocycles. The van der Waals surface area contributed by atoms with Gasteiger partial charge in [-0.2, -0.15) is 5.10 Å². The van der Waals surface area contributed by atoms with Gasteiger partial charge in [0.1, 0.15) is 0 Å². The Labute approximate surface area is 192 Å². The highest BCUT2D eigenvalue weighted by Crippen LogP contribution is 2.25. The Bertz CT molecular complexity index is 1240. The topological polar surface area (TPSA) is 72.8 Å². The average molecular weight is 449 g/mol. The lowest BCUT2D eigenvalue weighted by atomic mass is 9.86. The maximum Gasteiger partial charge on any atom is 0.270 e. The van der Waals surface area contributed by atoms with Gasteiger partial charge in [-0.05, 0) is 30.4 Å². The van der Waals surface area contributed by atoms with Crippen LogP contribution in [0.3, 0.4) is 0 Å². The van der Waals surface area contributed by atoms with Crippen molar-refractivity contribution in [2.24, 2.45) is 10.1 Å². The van der Waals surface area contributed by atoms with Crippen LogP contribution in [0.4, 0.5) is 5.69 Å². The Hall–Kier alpha value is -3.32. The van der Waals surface area contributed by atoms with Crippen LogP contribution >= 0.6 is 11.3 Å². The highest BCUT2D eigenvalue weighted by atomic mass is 32.1. The zero-order valence-corrected chi connectivity index (χ0v) is 19.9. The molecule has 3 rings (SSSR count). The smallest absolute Gasteiger partial charge is 0.258 e. The van der Waals surface area contributed by atoms with Crippen molar-refractivity contribution in [3.8, 4) is 11.3 Å². The van der Waals surface area contributed by atoms with E-state index in [9.17, 15) is 10.1 Å². The number of nitro groups is 1. The summed E-state index contributed by atoms with van der Waals surface area (Å²) in [5.41, 5.74) is 5.62. The van der Waals surface area contributed by atoms with Crippen molar-refractivity contribution < 1.29 is 4.92 Å². The standard InChI is InChI=1S/C25H28N4O2S/c1-17(2)15-26-24-28(23(16-32-24)20-8-7-9-22(14-20)29(30)31)27-18(3)19-10-12-21(13-11-19)25(4,5)6/h7-14,16H,1,15H2,2-6H3. The molecule has 1 heterocycles. The molecule has 0 unspecified atom stereocenters. The molecule has 0 bridgehead atoms. The molecule has 166 valence electrons. The first-order chi connectivity index (χ1) is 15.1. The number of nitro benzene ring substituents is 1. The van der Waals surface area contributed by atoms with E-state index in [2.05, 4.69) is 56.6 Å². The predicted molar refractivity (Wildman–Crippen MR) is 132 cm³/mol. The zero-order chi connectivity index (χ0) is 23.5. The monoisotopic (exact) mass is 448 g/mol. The predicted octanol–water partition coefficient (Wildman–Crippen LogP) is 6.17. The molecule has 0 atom stereocenters. The Morgan fingerprint density at radius 1 is 1.16 bits per heavy atom. The number of hydrogen-bond donors (Lipinski definition) is 0. The first-order valence-electron chi connectivity index (χ1n) is 10.3. The van der Waals surface area contributed by atoms with E-state index in [-0.39, 0.29) is 11.1 Å². The number of benzene rings is 2. The quantitative estimate of drug-likeness (QED) is 0.196. The van der Waals surface area contributed by atoms with Crippen molar-refractivity contribution in [2.75, 3.05) is 6.54 Å². The fourth-order valence-electron chi connectivity index (χ4n) is 3.10. The van der Waals surface area contributed by atoms with Gasteiger partial charge >= 0.3 is 0 Å². The Balaban J connectivity index is 2.11. The molecule has 32 heavy (non-hydrogen) atoms. The van der Waals surface area contributed by atoms with Crippen molar-refractivity contribution in [3.63, 3.8) is 0 Å². The third kappa shape index (κ3) is 5.48. The van der Waals surface area contributed by atoms with Gasteiger partial charge in [-0.15, -0.1) is 11.3 Å². The second-order valence-electron chi connectivity index (χ2n) is 8.81. The molecule has 1 aromatic heterocycles. The maximum absolute atomic E-state index is 11.3. The number of rotatable bonds is 6. The Morgan fingerprint density at radius 3 is 2.44 bits per heavy atom. The highest BCUT2D eigenvalue weighted by Gasteiger charge is 2.15. The number of thiazole rings is 1. The van der Waals surface area contributed by atoms with E-state index in [0.717, 1.165) is 22.5 Å². The molecule has 0 saturated heterocycles. The molecular formula is C25H28N4O2S. The minimum Gasteiger partial charge on any atom is -0.258 e. The van der Waals surface area contributed by atoms with E-state index in [1.165, 1.54) is 23.0 Å². The number of non-ortho nitro benzene ring substituents is 1. The summed E-state index contributed by atoms with van der Waals surface area (Å²) in [6.45, 7) is 14.8. The van der Waals surface area contributed by atoms with Gasteiger partial charge in [0.05, 0.1) is 22.9 Å². The normalized spacial score (nSPS) is 12.8. The van der Waals surface area contributed by atoms with Gasteiger partial charge in [0.25, 0.3) is 5.69 Å². The molecule has 3 aromatic rings. The number of aromatic nitrogens is 1. The molecule has 0 N–H and O–H groups in total. The lowest BCUT2D eigenvalue weighted by molar-refractivity contribution is -0.384. The molecule has 6 nitrogen and oxygen atoms in total. The van der Waals surface area contributed by atoms with E-state index in [1.54, 1.807) is 16.8 Å². The van der Waals surface area contributed by atoms with Crippen LogP contribution in [0.25, 0.3) is 11.3 Å². The largest absolute Gasteiger partial charge is 0.270 e. The van der Waals surface area contributed by atoms with Gasteiger partial charge in [-0.25, -0.2) is 4.68 Å². The lowest BCUT2D eigenvalue weighted by Gasteiger charge is -2.19. The molecule has 0 amide bonds. The molecule has 0 aliphatic heterocycles. The lowest BCUT2D eigenvalue weighted by Crippen LogP contribution is -2.15. The fourth-order valence-corrected chi connectivity index (χ4v) is 3.93. The first-order valence-corrected chi connectivity index (χ1v) is 11.2. The minimum atomic E-state index is -0.391. The summed E-state index contributed by atoms with van der Waals surface area (Å²) in [6.07, 6.45) is 0. The van der Waals surface area contributed by atoms with Crippen LogP contribution in [0, 0.1) is 10.1 Å². The second kappa shape index (κ2) is 9.44. The third-order valence-corrected chi connectivity index (χ3v) is 5.79. The van der Waals surface area contributed by atoms with E-state index < -0.39 is 4.92 Å². The van der Waals surface area contributed by atoms with Gasteiger partial charge in [-0.3, -0.25) is 15.1 Å². The van der Waals surface area contributed by atoms with Crippen molar-refractivity contribution in [1.29, 1.82) is 0 Å². The Morgan fingerprint density at radius 2 is 1.84 bits per heavy atom. The van der Waals surface area contributed by atoms with Gasteiger partial charge in [0.2, 0.25) is 4.80 Å². The van der Waals surface area contributed by atoms with Crippen LogP contribution in [0.5, 0.6) is 0 Å². The van der Waals surface area contributed by atoms with Crippen molar-refractivity contribution >= 4 is 22.7 Å². The van der Waals surface area contributed by atoms with Crippen molar-refractivity contribution in [3.05, 3.63) is 92.1 Å². The van der Waals surface area contributed by atoms with Crippen molar-refractivity contribution in [2.45, 2.75) is 40.0 Å². The summed E-state index contributed by atoms with van der Waals surface area (Å²) < 4.78 is 1.76. The summed E-state index contributed by atoms with van der Waals surface area (Å²) in [7, 11) is 0. The molecule has 0 radical (unpaired) electrons. The van der Waals surface area contributed by atoms with E-state index in [1.807, 2.05) is 25.3 Å². The van der Waals surface area contributed by atoms with Gasteiger partial charge in [-0.1, -0.05) is 69.3 Å². The van der Waals surface area contributed by atoms with E-state index in [4.69, 9.17) is 5.10 Å². The summed E-state index contributed by atoms with van der Waals surface area (Å²) in [4.78, 5) is 16.2. The molecular weight excluding hydrogens is 420 g/mol. The summed E-state index contributed by atoms with van der Waals surface area (Å²) in [5.74, 6) is 0. The fraction of sp³-hybridized carbons (Fsp3) is 0.280. The van der Waals surface area contributed by atoms with Crippen LogP contribution in [-0.4, -0.2) is 21.9 Å². The third-order valence-electron chi connectivity index (χ3n) is 4.94. The summed E-state index contributed by atoms with van der Waals surface area (Å²) in [5, 5.41) is 18.0. The van der Waals surface area contributed by atoms with Crippen LogP contribution < -0.4 is 4.80 Å². The molecule has 0 spiro atoms. The number of nitrogens with zero attached hydrogens (tertiary/aromatic N) is 4. The first kappa shape index (κ1) is 23.3. The molecule has 0 aliphatic carbocycles. The maximum atomic E-state index is 11.3. The molecule has 7 heteroatoms. The highest BCUT2D eigenvalue weighted by molar-refractivity contribution is 7.07. The van der Waals surface area contributed by atoms with Gasteiger partial charge in [0.15, 0.2) is 0 Å². The zero-order valence-electron chi connectivity index (χ0n) is 19.1. The van der Waals surface area contributed by atoms with Crippen LogP contribution in [0.1, 0.15) is 45.7 Å². The summed E-state index contributed by atoms with van der Waals surface area (Å²) >= 11 is 1.45. The molecule has 0 saturated carbocycles. The van der Waals surface area contributed by atoms with E-state index >= 15 is 0 Å². The van der Waals surface area contributed by atoms with Gasteiger partial charge < -0.3 is 0 Å². The van der Waals surface area contributed by atoms with E-state index in [0.29, 0.717) is 16.9 Å². The Kier molecular flexibility index (Phi) is 6.89. The SMILES string of the molecule is C=C(C)CN=c1scc(-c2cccc([N+](=O)[O-])c2)n1N=C(C)c1ccc(C(C)(C)C)cc1. The van der Waals surface area contributed by atoms with Crippen LogP contribution in [0.2, 0.25) is 0 Å².